The number of carbonyl (C=O) groups excluding carboxylic acids is 3. The van der Waals surface area contributed by atoms with E-state index in [-0.39, 0.29) is 49.1 Å². The van der Waals surface area contributed by atoms with E-state index in [2.05, 4.69) is 50.3 Å². The first-order chi connectivity index (χ1) is 22.1. The highest BCUT2D eigenvalue weighted by Crippen LogP contribution is 2.13. The number of hydrogen-bond acceptors (Lipinski definition) is 7. The van der Waals surface area contributed by atoms with Crippen molar-refractivity contribution in [1.82, 2.24) is 0 Å². The van der Waals surface area contributed by atoms with Gasteiger partial charge in [0, 0.05) is 19.3 Å². The zero-order valence-corrected chi connectivity index (χ0v) is 30.0. The van der Waals surface area contributed by atoms with Crippen LogP contribution in [0, 0.1) is 0 Å². The van der Waals surface area contributed by atoms with Crippen molar-refractivity contribution in [1.29, 1.82) is 0 Å². The lowest BCUT2D eigenvalue weighted by molar-refractivity contribution is -0.889. The van der Waals surface area contributed by atoms with Gasteiger partial charge in [-0.1, -0.05) is 108 Å². The van der Waals surface area contributed by atoms with Gasteiger partial charge < -0.3 is 28.6 Å². The maximum absolute atomic E-state index is 12.6. The van der Waals surface area contributed by atoms with Crippen molar-refractivity contribution in [3.63, 3.8) is 0 Å². The van der Waals surface area contributed by atoms with Gasteiger partial charge >= 0.3 is 11.9 Å². The first-order valence-corrected chi connectivity index (χ1v) is 18.0. The summed E-state index contributed by atoms with van der Waals surface area (Å²) in [5.41, 5.74) is 0. The molecule has 8 nitrogen and oxygen atoms in total. The second-order valence-corrected chi connectivity index (χ2v) is 13.1. The second-order valence-electron chi connectivity index (χ2n) is 13.1. The molecule has 0 aliphatic heterocycles. The van der Waals surface area contributed by atoms with Crippen LogP contribution >= 0.6 is 0 Å². The van der Waals surface area contributed by atoms with E-state index in [0.717, 1.165) is 51.4 Å². The monoisotopic (exact) mass is 649 g/mol. The molecular formula is C38H67NO7. The quantitative estimate of drug-likeness (QED) is 0.0334. The van der Waals surface area contributed by atoms with Crippen molar-refractivity contribution in [3.8, 4) is 0 Å². The van der Waals surface area contributed by atoms with Gasteiger partial charge in [-0.25, -0.2) is 0 Å². The number of carbonyl (C=O) groups is 3. The lowest BCUT2D eigenvalue weighted by Crippen LogP contribution is -2.55. The second kappa shape index (κ2) is 29.9. The van der Waals surface area contributed by atoms with E-state index in [9.17, 15) is 19.5 Å². The number of quaternary nitrogens is 1. The minimum atomic E-state index is -1.13. The SMILES string of the molecule is CC/C=C/C/C=C/C/C=C/CCCCC(=O)OC(COCCC(C(=O)[O-])[N+](C)(C)C)COC(=O)CCCCCCCCCCCC. The molecule has 266 valence electrons. The van der Waals surface area contributed by atoms with Gasteiger partial charge in [0.05, 0.1) is 40.3 Å². The van der Waals surface area contributed by atoms with Crippen molar-refractivity contribution >= 4 is 17.9 Å². The molecule has 2 atom stereocenters. The Bertz CT molecular complexity index is 860. The fourth-order valence-corrected chi connectivity index (χ4v) is 4.97. The summed E-state index contributed by atoms with van der Waals surface area (Å²) in [6.07, 6.45) is 30.3. The van der Waals surface area contributed by atoms with Gasteiger partial charge in [-0.2, -0.15) is 0 Å². The number of hydrogen-bond donors (Lipinski definition) is 0. The third-order valence-corrected chi connectivity index (χ3v) is 7.79. The van der Waals surface area contributed by atoms with Crippen LogP contribution in [0.2, 0.25) is 0 Å². The Labute approximate surface area is 281 Å². The van der Waals surface area contributed by atoms with E-state index in [1.807, 2.05) is 0 Å². The molecule has 0 rings (SSSR count). The standard InChI is InChI=1S/C38H67NO7/c1-6-8-10-12-14-16-18-19-21-23-25-27-29-37(41)46-34(32-44-31-30-35(38(42)43)39(3,4)5)33-45-36(40)28-26-24-22-20-17-15-13-11-9-7-2/h8,10,14,16,19,21,34-35H,6-7,9,11-13,15,17-18,20,22-33H2,1-5H3/b10-8+,16-14+,21-19+. The van der Waals surface area contributed by atoms with Gasteiger partial charge in [-0.3, -0.25) is 9.59 Å². The highest BCUT2D eigenvalue weighted by atomic mass is 16.6. The topological polar surface area (TPSA) is 102 Å². The molecule has 0 radical (unpaired) electrons. The Balaban J connectivity index is 4.53. The molecule has 0 bridgehead atoms. The summed E-state index contributed by atoms with van der Waals surface area (Å²) in [5, 5.41) is 11.5. The average molecular weight is 650 g/mol. The summed E-state index contributed by atoms with van der Waals surface area (Å²) >= 11 is 0. The molecule has 0 aliphatic carbocycles. The summed E-state index contributed by atoms with van der Waals surface area (Å²) in [4.78, 5) is 36.5. The van der Waals surface area contributed by atoms with Crippen LogP contribution in [0.5, 0.6) is 0 Å². The summed E-state index contributed by atoms with van der Waals surface area (Å²) in [6, 6.07) is -0.729. The number of allylic oxidation sites excluding steroid dienone is 6. The summed E-state index contributed by atoms with van der Waals surface area (Å²) in [6.45, 7) is 4.46. The maximum atomic E-state index is 12.6. The number of nitrogens with zero attached hydrogens (tertiary/aromatic N) is 1. The molecule has 8 heteroatoms. The van der Waals surface area contributed by atoms with E-state index in [1.54, 1.807) is 21.1 Å². The zero-order valence-electron chi connectivity index (χ0n) is 30.0. The third-order valence-electron chi connectivity index (χ3n) is 7.79. The van der Waals surface area contributed by atoms with E-state index in [1.165, 1.54) is 44.9 Å². The highest BCUT2D eigenvalue weighted by molar-refractivity contribution is 5.70. The molecule has 0 aromatic carbocycles. The Morgan fingerprint density at radius 2 is 1.22 bits per heavy atom. The molecule has 0 spiro atoms. The van der Waals surface area contributed by atoms with Gasteiger partial charge in [-0.05, 0) is 44.9 Å². The van der Waals surface area contributed by atoms with E-state index >= 15 is 0 Å². The van der Waals surface area contributed by atoms with Crippen LogP contribution in [0.3, 0.4) is 0 Å². The molecule has 0 fully saturated rings. The van der Waals surface area contributed by atoms with Gasteiger partial charge in [0.15, 0.2) is 6.10 Å². The predicted octanol–water partition coefficient (Wildman–Crippen LogP) is 7.40. The van der Waals surface area contributed by atoms with Crippen LogP contribution in [0.1, 0.15) is 136 Å². The number of carboxylic acids is 1. The number of rotatable bonds is 31. The molecule has 0 aromatic rings. The molecule has 0 saturated carbocycles. The van der Waals surface area contributed by atoms with Crippen molar-refractivity contribution in [2.45, 2.75) is 148 Å². The van der Waals surface area contributed by atoms with Gasteiger partial charge in [-0.15, -0.1) is 0 Å². The number of unbranched alkanes of at least 4 members (excludes halogenated alkanes) is 11. The van der Waals surface area contributed by atoms with Crippen LogP contribution < -0.4 is 5.11 Å². The smallest absolute Gasteiger partial charge is 0.306 e. The van der Waals surface area contributed by atoms with Gasteiger partial charge in [0.25, 0.3) is 0 Å². The first kappa shape index (κ1) is 43.5. The maximum Gasteiger partial charge on any atom is 0.306 e. The average Bonchev–Trinajstić information content (AvgIpc) is 3.00. The van der Waals surface area contributed by atoms with Crippen LogP contribution in [0.25, 0.3) is 0 Å². The summed E-state index contributed by atoms with van der Waals surface area (Å²) < 4.78 is 17.0. The molecular weight excluding hydrogens is 582 g/mol. The number of likely N-dealkylation sites (N-methyl/N-ethyl adjacent to an activating group) is 1. The fraction of sp³-hybridized carbons (Fsp3) is 0.763. The summed E-state index contributed by atoms with van der Waals surface area (Å²) in [7, 11) is 5.37. The van der Waals surface area contributed by atoms with Crippen molar-refractivity contribution < 1.29 is 38.2 Å². The van der Waals surface area contributed by atoms with E-state index in [4.69, 9.17) is 14.2 Å². The van der Waals surface area contributed by atoms with Crippen LogP contribution in [0.15, 0.2) is 36.5 Å². The minimum absolute atomic E-state index is 0.0265. The predicted molar refractivity (Wildman–Crippen MR) is 185 cm³/mol. The number of aliphatic carboxylic acids is 1. The van der Waals surface area contributed by atoms with Crippen LogP contribution in [-0.4, -0.2) is 75.5 Å². The molecule has 0 N–H and O–H groups in total. The molecule has 0 saturated heterocycles. The lowest BCUT2D eigenvalue weighted by Gasteiger charge is -2.34. The Kier molecular flexibility index (Phi) is 28.3. The summed E-state index contributed by atoms with van der Waals surface area (Å²) in [5.74, 6) is -1.79. The van der Waals surface area contributed by atoms with Crippen molar-refractivity contribution in [3.05, 3.63) is 36.5 Å². The zero-order chi connectivity index (χ0) is 34.3. The van der Waals surface area contributed by atoms with Crippen molar-refractivity contribution in [2.75, 3.05) is 41.0 Å². The molecule has 0 aromatic heterocycles. The number of ether oxygens (including phenoxy) is 3. The lowest BCUT2D eigenvalue weighted by atomic mass is 10.1. The Hall–Kier alpha value is -2.45. The van der Waals surface area contributed by atoms with E-state index < -0.39 is 18.1 Å². The van der Waals surface area contributed by atoms with Crippen molar-refractivity contribution in [2.24, 2.45) is 0 Å². The molecule has 0 aliphatic rings. The molecule has 0 amide bonds. The molecule has 46 heavy (non-hydrogen) atoms. The number of esters is 2. The molecule has 0 heterocycles. The van der Waals surface area contributed by atoms with Gasteiger partial charge in [0.1, 0.15) is 12.6 Å². The Morgan fingerprint density at radius 1 is 0.674 bits per heavy atom. The largest absolute Gasteiger partial charge is 0.544 e. The fourth-order valence-electron chi connectivity index (χ4n) is 4.97. The third kappa shape index (κ3) is 27.8. The van der Waals surface area contributed by atoms with Crippen LogP contribution in [-0.2, 0) is 28.6 Å². The highest BCUT2D eigenvalue weighted by Gasteiger charge is 2.25. The Morgan fingerprint density at radius 3 is 1.80 bits per heavy atom. The van der Waals surface area contributed by atoms with Crippen LogP contribution in [0.4, 0.5) is 0 Å². The first-order valence-electron chi connectivity index (χ1n) is 18.0. The minimum Gasteiger partial charge on any atom is -0.544 e. The molecule has 2 unspecified atom stereocenters. The number of carboxylic acid groups (broad SMARTS) is 1. The van der Waals surface area contributed by atoms with Gasteiger partial charge in [0.2, 0.25) is 0 Å². The normalized spacial score (nSPS) is 13.5. The van der Waals surface area contributed by atoms with E-state index in [0.29, 0.717) is 12.8 Å².